The van der Waals surface area contributed by atoms with E-state index in [-0.39, 0.29) is 0 Å². The summed E-state index contributed by atoms with van der Waals surface area (Å²) < 4.78 is 8.18. The molecule has 98 valence electrons. The Bertz CT molecular complexity index is 509. The van der Waals surface area contributed by atoms with Gasteiger partial charge >= 0.3 is 0 Å². The van der Waals surface area contributed by atoms with Crippen molar-refractivity contribution in [1.82, 2.24) is 19.7 Å². The van der Waals surface area contributed by atoms with Gasteiger partial charge in [-0.2, -0.15) is 5.10 Å². The van der Waals surface area contributed by atoms with Crippen LogP contribution in [0.1, 0.15) is 24.3 Å². The van der Waals surface area contributed by atoms with E-state index in [1.54, 1.807) is 23.1 Å². The number of thiazole rings is 1. The van der Waals surface area contributed by atoms with E-state index in [2.05, 4.69) is 20.4 Å². The molecule has 2 heterocycles. The van der Waals surface area contributed by atoms with E-state index in [0.29, 0.717) is 13.2 Å². The van der Waals surface area contributed by atoms with Crippen LogP contribution in [0.25, 0.3) is 0 Å². The van der Waals surface area contributed by atoms with Crippen molar-refractivity contribution in [3.8, 4) is 0 Å². The van der Waals surface area contributed by atoms with Crippen LogP contribution in [-0.2, 0) is 24.1 Å². The van der Waals surface area contributed by atoms with Crippen molar-refractivity contribution in [3.05, 3.63) is 22.7 Å². The summed E-state index contributed by atoms with van der Waals surface area (Å²) in [7, 11) is 1.91. The van der Waals surface area contributed by atoms with Crippen LogP contribution in [0.4, 0.5) is 0 Å². The number of thioether (sulfide) groups is 1. The molecule has 0 radical (unpaired) electrons. The van der Waals surface area contributed by atoms with Crippen LogP contribution >= 0.6 is 23.1 Å². The van der Waals surface area contributed by atoms with Gasteiger partial charge in [0.2, 0.25) is 0 Å². The highest BCUT2D eigenvalue weighted by Crippen LogP contribution is 2.25. The molecule has 0 bridgehead atoms. The van der Waals surface area contributed by atoms with Gasteiger partial charge in [-0.25, -0.2) is 9.97 Å². The molecule has 2 rings (SSSR count). The van der Waals surface area contributed by atoms with E-state index < -0.39 is 0 Å². The molecule has 0 aromatic carbocycles. The van der Waals surface area contributed by atoms with E-state index in [1.165, 1.54) is 0 Å². The first kappa shape index (κ1) is 13.5. The molecule has 2 aromatic rings. The predicted molar refractivity (Wildman–Crippen MR) is 72.7 cm³/mol. The summed E-state index contributed by atoms with van der Waals surface area (Å²) in [4.78, 5) is 8.86. The van der Waals surface area contributed by atoms with Gasteiger partial charge in [-0.3, -0.25) is 4.68 Å². The first-order valence-electron chi connectivity index (χ1n) is 5.70. The Balaban J connectivity index is 1.94. The number of ether oxygens (including phenoxy) is 1. The molecule has 0 amide bonds. The largest absolute Gasteiger partial charge is 0.374 e. The average molecular weight is 284 g/mol. The number of rotatable bonds is 6. The first-order chi connectivity index (χ1) is 8.69. The lowest BCUT2D eigenvalue weighted by molar-refractivity contribution is 0.128. The molecule has 0 aliphatic heterocycles. The van der Waals surface area contributed by atoms with Crippen LogP contribution in [-0.4, -0.2) is 26.4 Å². The third kappa shape index (κ3) is 3.54. The van der Waals surface area contributed by atoms with Crippen LogP contribution in [0, 0.1) is 6.92 Å². The molecule has 0 saturated carbocycles. The standard InChI is InChI=1S/C11H16N4OS2/c1-4-16-5-9-13-10(15(3)14-9)7-18-11-12-8(2)6-17-11/h6H,4-5,7H2,1-3H3. The fourth-order valence-electron chi connectivity index (χ4n) is 1.38. The predicted octanol–water partition coefficient (Wildman–Crippen LogP) is 2.41. The zero-order valence-electron chi connectivity index (χ0n) is 10.7. The summed E-state index contributed by atoms with van der Waals surface area (Å²) in [5.74, 6) is 2.47. The third-order valence-corrected chi connectivity index (χ3v) is 4.39. The van der Waals surface area contributed by atoms with Crippen molar-refractivity contribution in [2.75, 3.05) is 6.61 Å². The Morgan fingerprint density at radius 3 is 2.94 bits per heavy atom. The van der Waals surface area contributed by atoms with Gasteiger partial charge in [0.15, 0.2) is 10.2 Å². The zero-order valence-corrected chi connectivity index (χ0v) is 12.3. The average Bonchev–Trinajstić information content (AvgIpc) is 2.90. The van der Waals surface area contributed by atoms with Gasteiger partial charge in [0.1, 0.15) is 12.4 Å². The molecule has 0 aliphatic carbocycles. The lowest BCUT2D eigenvalue weighted by atomic mass is 10.6. The Morgan fingerprint density at radius 2 is 2.28 bits per heavy atom. The smallest absolute Gasteiger partial charge is 0.176 e. The quantitative estimate of drug-likeness (QED) is 0.762. The maximum absolute atomic E-state index is 5.30. The molecule has 0 saturated heterocycles. The molecule has 0 fully saturated rings. The normalized spacial score (nSPS) is 11.1. The van der Waals surface area contributed by atoms with E-state index in [1.807, 2.05) is 25.6 Å². The van der Waals surface area contributed by atoms with Crippen molar-refractivity contribution in [2.24, 2.45) is 7.05 Å². The van der Waals surface area contributed by atoms with Crippen molar-refractivity contribution in [1.29, 1.82) is 0 Å². The molecule has 7 heteroatoms. The minimum absolute atomic E-state index is 0.478. The lowest BCUT2D eigenvalue weighted by Gasteiger charge is -1.96. The van der Waals surface area contributed by atoms with Crippen molar-refractivity contribution in [3.63, 3.8) is 0 Å². The Hall–Kier alpha value is -0.920. The van der Waals surface area contributed by atoms with Crippen LogP contribution in [0.2, 0.25) is 0 Å². The molecule has 5 nitrogen and oxygen atoms in total. The lowest BCUT2D eigenvalue weighted by Crippen LogP contribution is -1.97. The topological polar surface area (TPSA) is 52.8 Å². The summed E-state index contributed by atoms with van der Waals surface area (Å²) in [6.07, 6.45) is 0. The summed E-state index contributed by atoms with van der Waals surface area (Å²) in [6.45, 7) is 5.12. The summed E-state index contributed by atoms with van der Waals surface area (Å²) >= 11 is 3.35. The maximum atomic E-state index is 5.30. The van der Waals surface area contributed by atoms with Gasteiger partial charge in [0, 0.05) is 24.7 Å². The molecule has 0 spiro atoms. The molecule has 0 unspecified atom stereocenters. The van der Waals surface area contributed by atoms with Crippen LogP contribution in [0.5, 0.6) is 0 Å². The second kappa shape index (κ2) is 6.31. The monoisotopic (exact) mass is 284 g/mol. The molecule has 18 heavy (non-hydrogen) atoms. The highest BCUT2D eigenvalue weighted by molar-refractivity contribution is 8.00. The van der Waals surface area contributed by atoms with Crippen LogP contribution in [0.15, 0.2) is 9.72 Å². The Morgan fingerprint density at radius 1 is 1.44 bits per heavy atom. The van der Waals surface area contributed by atoms with Gasteiger partial charge < -0.3 is 4.74 Å². The summed E-state index contributed by atoms with van der Waals surface area (Å²) in [6, 6.07) is 0. The van der Waals surface area contributed by atoms with Gasteiger partial charge in [0.05, 0.1) is 5.75 Å². The van der Waals surface area contributed by atoms with E-state index in [0.717, 1.165) is 27.4 Å². The van der Waals surface area contributed by atoms with E-state index in [4.69, 9.17) is 4.74 Å². The number of nitrogens with zero attached hydrogens (tertiary/aromatic N) is 4. The van der Waals surface area contributed by atoms with Gasteiger partial charge in [-0.1, -0.05) is 11.8 Å². The molecule has 0 atom stereocenters. The fraction of sp³-hybridized carbons (Fsp3) is 0.545. The minimum Gasteiger partial charge on any atom is -0.374 e. The summed E-state index contributed by atoms with van der Waals surface area (Å²) in [5, 5.41) is 6.37. The molecule has 0 aliphatic rings. The van der Waals surface area contributed by atoms with Gasteiger partial charge in [0.25, 0.3) is 0 Å². The maximum Gasteiger partial charge on any atom is 0.176 e. The van der Waals surface area contributed by atoms with E-state index >= 15 is 0 Å². The summed E-state index contributed by atoms with van der Waals surface area (Å²) in [5.41, 5.74) is 1.07. The number of aromatic nitrogens is 4. The number of aryl methyl sites for hydroxylation is 2. The third-order valence-electron chi connectivity index (χ3n) is 2.26. The number of hydrogen-bond acceptors (Lipinski definition) is 6. The van der Waals surface area contributed by atoms with Gasteiger partial charge in [-0.05, 0) is 13.8 Å². The fourth-order valence-corrected chi connectivity index (χ4v) is 3.21. The van der Waals surface area contributed by atoms with E-state index in [9.17, 15) is 0 Å². The van der Waals surface area contributed by atoms with Crippen molar-refractivity contribution < 1.29 is 4.74 Å². The highest BCUT2D eigenvalue weighted by Gasteiger charge is 2.08. The Labute approximate surface area is 115 Å². The second-order valence-electron chi connectivity index (χ2n) is 3.75. The second-order valence-corrected chi connectivity index (χ2v) is 5.83. The first-order valence-corrected chi connectivity index (χ1v) is 7.57. The molecule has 2 aromatic heterocycles. The molecule has 0 N–H and O–H groups in total. The highest BCUT2D eigenvalue weighted by atomic mass is 32.2. The van der Waals surface area contributed by atoms with Crippen LogP contribution < -0.4 is 0 Å². The molecular weight excluding hydrogens is 268 g/mol. The number of hydrogen-bond donors (Lipinski definition) is 0. The Kier molecular flexibility index (Phi) is 4.73. The molecular formula is C11H16N4OS2. The van der Waals surface area contributed by atoms with Crippen molar-refractivity contribution in [2.45, 2.75) is 30.5 Å². The van der Waals surface area contributed by atoms with Crippen molar-refractivity contribution >= 4 is 23.1 Å². The van der Waals surface area contributed by atoms with Gasteiger partial charge in [-0.15, -0.1) is 11.3 Å². The zero-order chi connectivity index (χ0) is 13.0. The minimum atomic E-state index is 0.478. The SMILES string of the molecule is CCOCc1nc(CSc2nc(C)cs2)n(C)n1. The van der Waals surface area contributed by atoms with Crippen LogP contribution in [0.3, 0.4) is 0 Å².